The molecule has 4 aromatic rings. The third-order valence-corrected chi connectivity index (χ3v) is 4.19. The average molecular weight is 376 g/mol. The molecule has 0 radical (unpaired) electrons. The van der Waals surface area contributed by atoms with Gasteiger partial charge in [-0.05, 0) is 24.3 Å². The van der Waals surface area contributed by atoms with Crippen LogP contribution in [0, 0.1) is 5.82 Å². The predicted molar refractivity (Wildman–Crippen MR) is 107 cm³/mol. The SMILES string of the molecule is CNC(=O)c1cccc(Nc2ncc(F)c(Nc3c[nH]c4ccccc34)n2)c1. The van der Waals surface area contributed by atoms with E-state index in [2.05, 4.69) is 30.9 Å². The normalized spacial score (nSPS) is 10.6. The number of aromatic nitrogens is 3. The van der Waals surface area contributed by atoms with Gasteiger partial charge >= 0.3 is 0 Å². The zero-order valence-corrected chi connectivity index (χ0v) is 15.0. The largest absolute Gasteiger partial charge is 0.359 e. The molecule has 0 fully saturated rings. The fourth-order valence-corrected chi connectivity index (χ4v) is 2.83. The van der Waals surface area contributed by atoms with Gasteiger partial charge in [-0.3, -0.25) is 4.79 Å². The van der Waals surface area contributed by atoms with Crippen molar-refractivity contribution in [1.29, 1.82) is 0 Å². The maximum atomic E-state index is 14.2. The number of anilines is 4. The third-order valence-electron chi connectivity index (χ3n) is 4.19. The fraction of sp³-hybridized carbons (Fsp3) is 0.0500. The first-order valence-corrected chi connectivity index (χ1v) is 8.59. The van der Waals surface area contributed by atoms with Gasteiger partial charge in [-0.25, -0.2) is 9.37 Å². The lowest BCUT2D eigenvalue weighted by Gasteiger charge is -2.10. The van der Waals surface area contributed by atoms with Gasteiger partial charge in [0.1, 0.15) is 0 Å². The zero-order valence-electron chi connectivity index (χ0n) is 15.0. The summed E-state index contributed by atoms with van der Waals surface area (Å²) in [5.41, 5.74) is 2.75. The van der Waals surface area contributed by atoms with Crippen LogP contribution in [-0.4, -0.2) is 27.9 Å². The molecule has 140 valence electrons. The molecule has 0 atom stereocenters. The molecule has 2 heterocycles. The molecule has 7 nitrogen and oxygen atoms in total. The lowest BCUT2D eigenvalue weighted by Crippen LogP contribution is -2.17. The standard InChI is InChI=1S/C20H17FN6O/c1-22-19(28)12-5-4-6-13(9-12)25-20-24-10-15(21)18(27-20)26-17-11-23-16-8-3-2-7-14(16)17/h2-11,23H,1H3,(H,22,28)(H2,24,25,26,27). The van der Waals surface area contributed by atoms with Gasteiger partial charge in [-0.1, -0.05) is 24.3 Å². The molecular formula is C20H17FN6O. The Morgan fingerprint density at radius 1 is 1.11 bits per heavy atom. The number of para-hydroxylation sites is 1. The highest BCUT2D eigenvalue weighted by Crippen LogP contribution is 2.27. The number of hydrogen-bond donors (Lipinski definition) is 4. The Morgan fingerprint density at radius 2 is 1.96 bits per heavy atom. The van der Waals surface area contributed by atoms with E-state index < -0.39 is 5.82 Å². The first-order valence-electron chi connectivity index (χ1n) is 8.59. The second-order valence-corrected chi connectivity index (χ2v) is 6.05. The van der Waals surface area contributed by atoms with Crippen LogP contribution in [0.5, 0.6) is 0 Å². The van der Waals surface area contributed by atoms with Crippen LogP contribution in [0.1, 0.15) is 10.4 Å². The summed E-state index contributed by atoms with van der Waals surface area (Å²) in [6.07, 6.45) is 2.85. The van der Waals surface area contributed by atoms with Gasteiger partial charge in [-0.15, -0.1) is 0 Å². The van der Waals surface area contributed by atoms with Crippen LogP contribution < -0.4 is 16.0 Å². The van der Waals surface area contributed by atoms with Gasteiger partial charge < -0.3 is 20.9 Å². The van der Waals surface area contributed by atoms with Crippen molar-refractivity contribution in [3.63, 3.8) is 0 Å². The van der Waals surface area contributed by atoms with Gasteiger partial charge in [-0.2, -0.15) is 4.98 Å². The molecule has 8 heteroatoms. The van der Waals surface area contributed by atoms with E-state index in [9.17, 15) is 9.18 Å². The lowest BCUT2D eigenvalue weighted by molar-refractivity contribution is 0.0963. The van der Waals surface area contributed by atoms with Crippen molar-refractivity contribution in [3.8, 4) is 0 Å². The van der Waals surface area contributed by atoms with Crippen LogP contribution in [0.15, 0.2) is 60.9 Å². The summed E-state index contributed by atoms with van der Waals surface area (Å²) in [7, 11) is 1.56. The number of halogens is 1. The molecule has 0 saturated carbocycles. The quantitative estimate of drug-likeness (QED) is 0.423. The smallest absolute Gasteiger partial charge is 0.251 e. The third kappa shape index (κ3) is 3.48. The maximum Gasteiger partial charge on any atom is 0.251 e. The highest BCUT2D eigenvalue weighted by Gasteiger charge is 2.11. The van der Waals surface area contributed by atoms with Crippen molar-refractivity contribution in [3.05, 3.63) is 72.3 Å². The Labute approximate surface area is 160 Å². The number of fused-ring (bicyclic) bond motifs is 1. The Balaban J connectivity index is 1.60. The van der Waals surface area contributed by atoms with Crippen LogP contribution >= 0.6 is 0 Å². The summed E-state index contributed by atoms with van der Waals surface area (Å²) in [6.45, 7) is 0. The first kappa shape index (κ1) is 17.5. The highest BCUT2D eigenvalue weighted by atomic mass is 19.1. The van der Waals surface area contributed by atoms with Crippen LogP contribution in [0.3, 0.4) is 0 Å². The van der Waals surface area contributed by atoms with Crippen molar-refractivity contribution in [2.24, 2.45) is 0 Å². The minimum absolute atomic E-state index is 0.0460. The van der Waals surface area contributed by atoms with E-state index in [1.807, 2.05) is 24.3 Å². The molecule has 0 unspecified atom stereocenters. The van der Waals surface area contributed by atoms with E-state index in [0.717, 1.165) is 17.1 Å². The Kier molecular flexibility index (Phi) is 4.59. The van der Waals surface area contributed by atoms with Crippen molar-refractivity contribution < 1.29 is 9.18 Å². The molecule has 0 aliphatic carbocycles. The van der Waals surface area contributed by atoms with Crippen molar-refractivity contribution in [2.75, 3.05) is 17.7 Å². The number of rotatable bonds is 5. The second kappa shape index (κ2) is 7.36. The first-order chi connectivity index (χ1) is 13.6. The highest BCUT2D eigenvalue weighted by molar-refractivity contribution is 5.95. The number of carbonyl (C=O) groups is 1. The number of nitrogens with zero attached hydrogens (tertiary/aromatic N) is 2. The minimum atomic E-state index is -0.574. The van der Waals surface area contributed by atoms with E-state index in [-0.39, 0.29) is 17.7 Å². The van der Waals surface area contributed by atoms with Gasteiger partial charge in [0.2, 0.25) is 5.95 Å². The van der Waals surface area contributed by atoms with E-state index in [4.69, 9.17) is 0 Å². The molecular weight excluding hydrogens is 359 g/mol. The number of aromatic amines is 1. The van der Waals surface area contributed by atoms with Crippen molar-refractivity contribution in [1.82, 2.24) is 20.3 Å². The monoisotopic (exact) mass is 376 g/mol. The summed E-state index contributed by atoms with van der Waals surface area (Å²) >= 11 is 0. The zero-order chi connectivity index (χ0) is 19.5. The summed E-state index contributed by atoms with van der Waals surface area (Å²) in [6, 6.07) is 14.6. The summed E-state index contributed by atoms with van der Waals surface area (Å²) < 4.78 is 14.2. The molecule has 2 aromatic heterocycles. The molecule has 4 N–H and O–H groups in total. The van der Waals surface area contributed by atoms with E-state index in [1.54, 1.807) is 37.5 Å². The molecule has 0 spiro atoms. The topological polar surface area (TPSA) is 94.7 Å². The predicted octanol–water partition coefficient (Wildman–Crippen LogP) is 3.94. The second-order valence-electron chi connectivity index (χ2n) is 6.05. The molecule has 1 amide bonds. The summed E-state index contributed by atoms with van der Waals surface area (Å²) in [5, 5.41) is 9.48. The van der Waals surface area contributed by atoms with Gasteiger partial charge in [0.05, 0.1) is 11.9 Å². The van der Waals surface area contributed by atoms with Crippen LogP contribution in [0.2, 0.25) is 0 Å². The summed E-state index contributed by atoms with van der Waals surface area (Å²) in [5.74, 6) is -0.525. The molecule has 0 aliphatic heterocycles. The van der Waals surface area contributed by atoms with Gasteiger partial charge in [0.15, 0.2) is 11.6 Å². The van der Waals surface area contributed by atoms with Crippen LogP contribution in [-0.2, 0) is 0 Å². The van der Waals surface area contributed by atoms with Gasteiger partial charge in [0.25, 0.3) is 5.91 Å². The van der Waals surface area contributed by atoms with Crippen LogP contribution in [0.4, 0.5) is 27.5 Å². The molecule has 0 bridgehead atoms. The average Bonchev–Trinajstić information content (AvgIpc) is 3.13. The van der Waals surface area contributed by atoms with Crippen LogP contribution in [0.25, 0.3) is 10.9 Å². The number of amides is 1. The molecule has 28 heavy (non-hydrogen) atoms. The number of nitrogens with one attached hydrogen (secondary N) is 4. The number of hydrogen-bond acceptors (Lipinski definition) is 5. The maximum absolute atomic E-state index is 14.2. The lowest BCUT2D eigenvalue weighted by atomic mass is 10.2. The Bertz CT molecular complexity index is 1160. The molecule has 0 aliphatic rings. The van der Waals surface area contributed by atoms with Gasteiger partial charge in [0, 0.05) is 35.4 Å². The molecule has 4 rings (SSSR count). The Morgan fingerprint density at radius 3 is 2.82 bits per heavy atom. The van der Waals surface area contributed by atoms with Crippen molar-refractivity contribution in [2.45, 2.75) is 0 Å². The number of H-pyrrole nitrogens is 1. The summed E-state index contributed by atoms with van der Waals surface area (Å²) in [4.78, 5) is 23.1. The Hall–Kier alpha value is -3.94. The fourth-order valence-electron chi connectivity index (χ4n) is 2.83. The van der Waals surface area contributed by atoms with E-state index in [0.29, 0.717) is 16.9 Å². The van der Waals surface area contributed by atoms with Crippen molar-refractivity contribution >= 4 is 40.0 Å². The number of benzene rings is 2. The number of carbonyl (C=O) groups excluding carboxylic acids is 1. The minimum Gasteiger partial charge on any atom is -0.359 e. The molecule has 0 saturated heterocycles. The van der Waals surface area contributed by atoms with E-state index >= 15 is 0 Å². The molecule has 2 aromatic carbocycles. The van der Waals surface area contributed by atoms with E-state index in [1.165, 1.54) is 0 Å².